The molecule has 6 nitrogen and oxygen atoms in total. The first-order valence-corrected chi connectivity index (χ1v) is 6.58. The Morgan fingerprint density at radius 2 is 2.11 bits per heavy atom. The van der Waals surface area contributed by atoms with Crippen LogP contribution in [0.5, 0.6) is 0 Å². The molecular weight excluding hydrogens is 242 g/mol. The lowest BCUT2D eigenvalue weighted by molar-refractivity contribution is 0.154. The monoisotopic (exact) mass is 265 g/mol. The summed E-state index contributed by atoms with van der Waals surface area (Å²) in [7, 11) is 7.72. The van der Waals surface area contributed by atoms with Crippen LogP contribution in [-0.4, -0.2) is 71.6 Å². The molecule has 2 rings (SSSR count). The van der Waals surface area contributed by atoms with Gasteiger partial charge in [0, 0.05) is 52.0 Å². The van der Waals surface area contributed by atoms with Crippen LogP contribution in [0.2, 0.25) is 0 Å². The second-order valence-electron chi connectivity index (χ2n) is 5.68. The Labute approximate surface area is 114 Å². The minimum absolute atomic E-state index is 0.0557. The molecule has 0 saturated heterocycles. The highest BCUT2D eigenvalue weighted by Crippen LogP contribution is 2.16. The van der Waals surface area contributed by atoms with Crippen molar-refractivity contribution < 1.29 is 4.79 Å². The van der Waals surface area contributed by atoms with Crippen LogP contribution in [0.15, 0.2) is 12.4 Å². The normalized spacial score (nSPS) is 19.2. The minimum Gasteiger partial charge on any atom is -0.333 e. The van der Waals surface area contributed by atoms with E-state index in [0.29, 0.717) is 12.5 Å². The number of imidazole rings is 1. The predicted molar refractivity (Wildman–Crippen MR) is 73.8 cm³/mol. The Bertz CT molecular complexity index is 440. The van der Waals surface area contributed by atoms with Gasteiger partial charge in [0.15, 0.2) is 0 Å². The molecule has 1 aliphatic rings. The van der Waals surface area contributed by atoms with Crippen LogP contribution in [-0.2, 0) is 13.1 Å². The molecule has 106 valence electrons. The Hall–Kier alpha value is -1.56. The van der Waals surface area contributed by atoms with Gasteiger partial charge in [-0.3, -0.25) is 0 Å². The van der Waals surface area contributed by atoms with E-state index in [1.54, 1.807) is 19.0 Å². The summed E-state index contributed by atoms with van der Waals surface area (Å²) in [4.78, 5) is 22.3. The summed E-state index contributed by atoms with van der Waals surface area (Å²) in [6, 6.07) is 0.0557. The zero-order chi connectivity index (χ0) is 14.0. The number of nitrogens with zero attached hydrogens (tertiary/aromatic N) is 5. The number of urea groups is 1. The van der Waals surface area contributed by atoms with Gasteiger partial charge in [0.25, 0.3) is 0 Å². The van der Waals surface area contributed by atoms with Crippen molar-refractivity contribution in [1.29, 1.82) is 0 Å². The molecule has 0 unspecified atom stereocenters. The van der Waals surface area contributed by atoms with E-state index in [2.05, 4.69) is 28.5 Å². The molecule has 1 aromatic heterocycles. The molecular formula is C13H23N5O. The van der Waals surface area contributed by atoms with Crippen molar-refractivity contribution in [2.75, 3.05) is 41.3 Å². The summed E-state index contributed by atoms with van der Waals surface area (Å²) in [5, 5.41) is 0. The summed E-state index contributed by atoms with van der Waals surface area (Å²) < 4.78 is 2.16. The van der Waals surface area contributed by atoms with Gasteiger partial charge < -0.3 is 19.3 Å². The van der Waals surface area contributed by atoms with E-state index in [1.165, 1.54) is 0 Å². The van der Waals surface area contributed by atoms with Crippen molar-refractivity contribution in [3.05, 3.63) is 18.2 Å². The molecule has 2 heterocycles. The molecule has 1 atom stereocenters. The van der Waals surface area contributed by atoms with Crippen LogP contribution in [0, 0.1) is 5.92 Å². The summed E-state index contributed by atoms with van der Waals surface area (Å²) in [6.45, 7) is 3.26. The molecule has 0 spiro atoms. The molecule has 0 saturated carbocycles. The topological polar surface area (TPSA) is 44.6 Å². The number of hydrogen-bond donors (Lipinski definition) is 0. The van der Waals surface area contributed by atoms with Crippen LogP contribution in [0.3, 0.4) is 0 Å². The van der Waals surface area contributed by atoms with Gasteiger partial charge in [-0.2, -0.15) is 0 Å². The zero-order valence-corrected chi connectivity index (χ0v) is 12.2. The lowest BCUT2D eigenvalue weighted by Crippen LogP contribution is -2.42. The van der Waals surface area contributed by atoms with Crippen LogP contribution in [0.25, 0.3) is 0 Å². The van der Waals surface area contributed by atoms with E-state index in [1.807, 2.05) is 17.3 Å². The third-order valence-corrected chi connectivity index (χ3v) is 3.34. The number of aromatic nitrogens is 2. The first-order valence-electron chi connectivity index (χ1n) is 6.58. The third kappa shape index (κ3) is 3.26. The van der Waals surface area contributed by atoms with Crippen LogP contribution in [0.4, 0.5) is 4.79 Å². The smallest absolute Gasteiger partial charge is 0.319 e. The van der Waals surface area contributed by atoms with Gasteiger partial charge in [-0.15, -0.1) is 0 Å². The lowest BCUT2D eigenvalue weighted by atomic mass is 10.1. The highest BCUT2D eigenvalue weighted by Gasteiger charge is 2.26. The summed E-state index contributed by atoms with van der Waals surface area (Å²) in [6.07, 6.45) is 3.81. The van der Waals surface area contributed by atoms with Gasteiger partial charge in [0.2, 0.25) is 0 Å². The fraction of sp³-hybridized carbons (Fsp3) is 0.692. The highest BCUT2D eigenvalue weighted by atomic mass is 16.2. The van der Waals surface area contributed by atoms with Crippen molar-refractivity contribution >= 4 is 6.03 Å². The fourth-order valence-electron chi connectivity index (χ4n) is 2.60. The Kier molecular flexibility index (Phi) is 4.09. The van der Waals surface area contributed by atoms with E-state index < -0.39 is 0 Å². The molecule has 0 N–H and O–H groups in total. The molecule has 1 aromatic rings. The van der Waals surface area contributed by atoms with E-state index >= 15 is 0 Å². The van der Waals surface area contributed by atoms with Gasteiger partial charge in [-0.1, -0.05) is 0 Å². The van der Waals surface area contributed by atoms with Gasteiger partial charge in [0.1, 0.15) is 5.82 Å². The number of carbonyl (C=O) groups is 1. The number of fused-ring (bicyclic) bond motifs is 1. The maximum Gasteiger partial charge on any atom is 0.319 e. The second-order valence-corrected chi connectivity index (χ2v) is 5.68. The third-order valence-electron chi connectivity index (χ3n) is 3.34. The molecule has 19 heavy (non-hydrogen) atoms. The number of rotatable bonds is 2. The van der Waals surface area contributed by atoms with Crippen LogP contribution >= 0.6 is 0 Å². The summed E-state index contributed by atoms with van der Waals surface area (Å²) in [5.74, 6) is 1.39. The molecule has 0 radical (unpaired) electrons. The van der Waals surface area contributed by atoms with Gasteiger partial charge in [-0.05, 0) is 14.1 Å². The van der Waals surface area contributed by atoms with E-state index in [4.69, 9.17) is 0 Å². The first-order chi connectivity index (χ1) is 8.97. The second kappa shape index (κ2) is 5.61. The van der Waals surface area contributed by atoms with E-state index in [0.717, 1.165) is 25.5 Å². The summed E-state index contributed by atoms with van der Waals surface area (Å²) in [5.41, 5.74) is 0. The molecule has 2 amide bonds. The van der Waals surface area contributed by atoms with Crippen LogP contribution < -0.4 is 0 Å². The van der Waals surface area contributed by atoms with Gasteiger partial charge in [-0.25, -0.2) is 9.78 Å². The number of amides is 2. The van der Waals surface area contributed by atoms with Crippen LogP contribution in [0.1, 0.15) is 5.82 Å². The van der Waals surface area contributed by atoms with Crippen molar-refractivity contribution in [2.24, 2.45) is 5.92 Å². The molecule has 0 fully saturated rings. The molecule has 0 aromatic carbocycles. The average molecular weight is 265 g/mol. The Morgan fingerprint density at radius 1 is 1.37 bits per heavy atom. The van der Waals surface area contributed by atoms with Crippen molar-refractivity contribution in [2.45, 2.75) is 13.1 Å². The maximum atomic E-state index is 12.2. The lowest BCUT2D eigenvalue weighted by Gasteiger charge is -2.28. The molecule has 0 bridgehead atoms. The van der Waals surface area contributed by atoms with Gasteiger partial charge >= 0.3 is 6.03 Å². The number of hydrogen-bond acceptors (Lipinski definition) is 3. The SMILES string of the molecule is CN(C)C[C@@H]1CN(C(=O)N(C)C)Cc2nccn2C1. The van der Waals surface area contributed by atoms with Crippen molar-refractivity contribution in [3.8, 4) is 0 Å². The maximum absolute atomic E-state index is 12.2. The predicted octanol–water partition coefficient (Wildman–Crippen LogP) is 0.558. The highest BCUT2D eigenvalue weighted by molar-refractivity contribution is 5.73. The van der Waals surface area contributed by atoms with Gasteiger partial charge in [0.05, 0.1) is 6.54 Å². The van der Waals surface area contributed by atoms with Crippen molar-refractivity contribution in [3.63, 3.8) is 0 Å². The van der Waals surface area contributed by atoms with E-state index in [-0.39, 0.29) is 6.03 Å². The Morgan fingerprint density at radius 3 is 2.74 bits per heavy atom. The Balaban J connectivity index is 2.20. The van der Waals surface area contributed by atoms with E-state index in [9.17, 15) is 4.79 Å². The molecule has 1 aliphatic heterocycles. The average Bonchev–Trinajstić information content (AvgIpc) is 2.66. The fourth-order valence-corrected chi connectivity index (χ4v) is 2.60. The number of carbonyl (C=O) groups excluding carboxylic acids is 1. The van der Waals surface area contributed by atoms with Crippen molar-refractivity contribution in [1.82, 2.24) is 24.3 Å². The summed E-state index contributed by atoms with van der Waals surface area (Å²) >= 11 is 0. The molecule has 0 aliphatic carbocycles. The standard InChI is InChI=1S/C13H23N5O/c1-15(2)7-11-8-17-6-5-14-12(17)10-18(9-11)13(19)16(3)4/h5-6,11H,7-10H2,1-4H3/t11-/m0/s1. The largest absolute Gasteiger partial charge is 0.333 e. The quantitative estimate of drug-likeness (QED) is 0.785. The first kappa shape index (κ1) is 13.9. The molecule has 6 heteroatoms. The zero-order valence-electron chi connectivity index (χ0n) is 12.2. The minimum atomic E-state index is 0.0557.